The number of hydrogen-bond acceptors (Lipinski definition) is 4. The van der Waals surface area contributed by atoms with Crippen LogP contribution in [0.5, 0.6) is 0 Å². The fourth-order valence-electron chi connectivity index (χ4n) is 4.80. The number of fused-ring (bicyclic) bond motifs is 1. The molecular weight excluding hydrogens is 373 g/mol. The first kappa shape index (κ1) is 19.4. The highest BCUT2D eigenvalue weighted by Crippen LogP contribution is 2.42. The van der Waals surface area contributed by atoms with Gasteiger partial charge in [0, 0.05) is 36.7 Å². The molecule has 0 amide bonds. The van der Waals surface area contributed by atoms with Crippen LogP contribution in [0.15, 0.2) is 15.4 Å². The summed E-state index contributed by atoms with van der Waals surface area (Å²) in [6.07, 6.45) is 0.745. The van der Waals surface area contributed by atoms with E-state index in [1.807, 2.05) is 11.8 Å². The topological polar surface area (TPSA) is 84.1 Å². The zero-order valence-corrected chi connectivity index (χ0v) is 15.7. The molecule has 1 aliphatic heterocycles. The van der Waals surface area contributed by atoms with E-state index in [4.69, 9.17) is 5.73 Å². The Kier molecular flexibility index (Phi) is 4.99. The molecule has 154 valence electrons. The number of likely N-dealkylation sites (tertiary alicyclic amines) is 1. The second-order valence-corrected chi connectivity index (χ2v) is 8.26. The Bertz CT molecular complexity index is 905. The second kappa shape index (κ2) is 7.18. The number of nitrogens with two attached hydrogens (primary N) is 1. The number of aromatic nitrogens is 2. The Hall–Kier alpha value is -1.87. The molecule has 4 atom stereocenters. The average molecular weight is 398 g/mol. The molecule has 3 N–H and O–H groups in total. The van der Waals surface area contributed by atoms with E-state index < -0.39 is 41.5 Å². The monoisotopic (exact) mass is 398 g/mol. The summed E-state index contributed by atoms with van der Waals surface area (Å²) >= 11 is 0. The predicted octanol–water partition coefficient (Wildman–Crippen LogP) is 1.97. The molecule has 1 saturated carbocycles. The van der Waals surface area contributed by atoms with Crippen molar-refractivity contribution in [2.24, 2.45) is 11.7 Å². The van der Waals surface area contributed by atoms with Crippen LogP contribution in [0.25, 0.3) is 6.08 Å². The van der Waals surface area contributed by atoms with Crippen molar-refractivity contribution in [3.8, 4) is 0 Å². The van der Waals surface area contributed by atoms with Crippen molar-refractivity contribution >= 4 is 6.08 Å². The first-order chi connectivity index (χ1) is 13.3. The summed E-state index contributed by atoms with van der Waals surface area (Å²) in [5.74, 6) is -0.963. The van der Waals surface area contributed by atoms with E-state index in [0.29, 0.717) is 25.2 Å². The van der Waals surface area contributed by atoms with Crippen LogP contribution in [0.4, 0.5) is 13.2 Å². The first-order valence-electron chi connectivity index (χ1n) is 9.81. The smallest absolute Gasteiger partial charge is 0.327 e. The van der Waals surface area contributed by atoms with Crippen molar-refractivity contribution in [3.63, 3.8) is 0 Å². The van der Waals surface area contributed by atoms with Crippen molar-refractivity contribution in [2.45, 2.75) is 63.1 Å². The third-order valence-corrected chi connectivity index (χ3v) is 6.31. The number of hydrogen-bond donors (Lipinski definition) is 2. The van der Waals surface area contributed by atoms with E-state index >= 15 is 4.39 Å². The normalized spacial score (nSPS) is 29.1. The number of halogens is 3. The summed E-state index contributed by atoms with van der Waals surface area (Å²) < 4.78 is 41.9. The number of aromatic amines is 1. The van der Waals surface area contributed by atoms with Crippen LogP contribution in [-0.4, -0.2) is 46.0 Å². The van der Waals surface area contributed by atoms with Gasteiger partial charge in [-0.05, 0) is 37.8 Å². The third-order valence-electron chi connectivity index (χ3n) is 6.31. The van der Waals surface area contributed by atoms with Gasteiger partial charge in [-0.1, -0.05) is 6.92 Å². The number of H-pyrrole nitrogens is 1. The predicted molar refractivity (Wildman–Crippen MR) is 99.2 cm³/mol. The molecule has 28 heavy (non-hydrogen) atoms. The van der Waals surface area contributed by atoms with Crippen LogP contribution in [0.3, 0.4) is 0 Å². The summed E-state index contributed by atoms with van der Waals surface area (Å²) in [5, 5.41) is 0. The minimum Gasteiger partial charge on any atom is -0.327 e. The molecule has 2 aliphatic carbocycles. The molecule has 2 heterocycles. The lowest BCUT2D eigenvalue weighted by Crippen LogP contribution is -2.45. The fraction of sp³-hybridized carbons (Fsp3) is 0.684. The highest BCUT2D eigenvalue weighted by Gasteiger charge is 2.42. The van der Waals surface area contributed by atoms with E-state index in [2.05, 4.69) is 4.98 Å². The van der Waals surface area contributed by atoms with E-state index in [0.717, 1.165) is 12.8 Å². The van der Waals surface area contributed by atoms with Gasteiger partial charge in [-0.15, -0.1) is 0 Å². The van der Waals surface area contributed by atoms with Crippen LogP contribution in [0, 0.1) is 5.92 Å². The van der Waals surface area contributed by atoms with Gasteiger partial charge in [-0.3, -0.25) is 19.2 Å². The molecular formula is C19H25F3N4O2. The largest absolute Gasteiger partial charge is 0.328 e. The van der Waals surface area contributed by atoms with Gasteiger partial charge in [-0.2, -0.15) is 0 Å². The van der Waals surface area contributed by atoms with Gasteiger partial charge in [0.05, 0.1) is 11.6 Å². The quantitative estimate of drug-likeness (QED) is 0.794. The van der Waals surface area contributed by atoms with E-state index in [1.165, 1.54) is 6.08 Å². The van der Waals surface area contributed by atoms with Crippen molar-refractivity contribution in [2.75, 3.05) is 13.1 Å². The van der Waals surface area contributed by atoms with Gasteiger partial charge in [0.1, 0.15) is 5.83 Å². The van der Waals surface area contributed by atoms with Crippen LogP contribution in [0.1, 0.15) is 55.8 Å². The van der Waals surface area contributed by atoms with E-state index in [1.54, 1.807) is 4.57 Å². The minimum absolute atomic E-state index is 0.0431. The fourth-order valence-corrected chi connectivity index (χ4v) is 4.80. The van der Waals surface area contributed by atoms with Gasteiger partial charge in [0.25, 0.3) is 5.56 Å². The summed E-state index contributed by atoms with van der Waals surface area (Å²) in [6.45, 7) is 2.79. The van der Waals surface area contributed by atoms with Crippen molar-refractivity contribution in [1.82, 2.24) is 14.5 Å². The molecule has 6 nitrogen and oxygen atoms in total. The van der Waals surface area contributed by atoms with Gasteiger partial charge in [0.2, 0.25) is 6.43 Å². The van der Waals surface area contributed by atoms with Crippen molar-refractivity contribution in [1.29, 1.82) is 0 Å². The number of rotatable bonds is 5. The molecule has 1 aromatic rings. The molecule has 0 bridgehead atoms. The SMILES string of the molecule is CC1c2c(c(=O)[nH]c(=O)n2C2CC2)C=C(F)C1N1CCC(C(N)CC(F)F)C1. The lowest BCUT2D eigenvalue weighted by atomic mass is 9.87. The van der Waals surface area contributed by atoms with Gasteiger partial charge in [-0.25, -0.2) is 18.0 Å². The van der Waals surface area contributed by atoms with Crippen molar-refractivity contribution in [3.05, 3.63) is 37.9 Å². The molecule has 1 aromatic heterocycles. The van der Waals surface area contributed by atoms with Crippen LogP contribution in [-0.2, 0) is 0 Å². The molecule has 4 rings (SSSR count). The maximum absolute atomic E-state index is 15.0. The van der Waals surface area contributed by atoms with Gasteiger partial charge < -0.3 is 5.73 Å². The maximum atomic E-state index is 15.0. The molecule has 0 spiro atoms. The first-order valence-corrected chi connectivity index (χ1v) is 9.81. The summed E-state index contributed by atoms with van der Waals surface area (Å²) in [6, 6.07) is -1.21. The third kappa shape index (κ3) is 3.34. The van der Waals surface area contributed by atoms with E-state index in [-0.39, 0.29) is 23.9 Å². The summed E-state index contributed by atoms with van der Waals surface area (Å²) in [5.41, 5.74) is 5.68. The van der Waals surface area contributed by atoms with Crippen LogP contribution in [0.2, 0.25) is 0 Å². The van der Waals surface area contributed by atoms with E-state index in [9.17, 15) is 18.4 Å². The molecule has 4 unspecified atom stereocenters. The number of alkyl halides is 2. The van der Waals surface area contributed by atoms with Crippen molar-refractivity contribution < 1.29 is 13.2 Å². The summed E-state index contributed by atoms with van der Waals surface area (Å²) in [7, 11) is 0. The Balaban J connectivity index is 1.64. The zero-order chi connectivity index (χ0) is 20.2. The second-order valence-electron chi connectivity index (χ2n) is 8.26. The number of nitrogens with one attached hydrogen (secondary N) is 1. The Morgan fingerprint density at radius 2 is 2.00 bits per heavy atom. The maximum Gasteiger partial charge on any atom is 0.328 e. The molecule has 3 aliphatic rings. The van der Waals surface area contributed by atoms with Gasteiger partial charge >= 0.3 is 5.69 Å². The summed E-state index contributed by atoms with van der Waals surface area (Å²) in [4.78, 5) is 28.9. The minimum atomic E-state index is -2.46. The molecule has 0 radical (unpaired) electrons. The average Bonchev–Trinajstić information content (AvgIpc) is 3.32. The van der Waals surface area contributed by atoms with Gasteiger partial charge in [0.15, 0.2) is 0 Å². The number of nitrogens with zero attached hydrogens (tertiary/aromatic N) is 2. The molecule has 2 fully saturated rings. The lowest BCUT2D eigenvalue weighted by molar-refractivity contribution is 0.116. The highest BCUT2D eigenvalue weighted by molar-refractivity contribution is 5.59. The zero-order valence-electron chi connectivity index (χ0n) is 15.7. The Morgan fingerprint density at radius 1 is 1.29 bits per heavy atom. The molecule has 0 aromatic carbocycles. The molecule has 1 saturated heterocycles. The van der Waals surface area contributed by atoms with Crippen LogP contribution >= 0.6 is 0 Å². The van der Waals surface area contributed by atoms with Crippen LogP contribution < -0.4 is 17.0 Å². The highest BCUT2D eigenvalue weighted by atomic mass is 19.3. The Morgan fingerprint density at radius 3 is 2.64 bits per heavy atom. The Labute approximate surface area is 160 Å². The lowest BCUT2D eigenvalue weighted by Gasteiger charge is -2.36. The molecule has 9 heteroatoms. The standard InChI is InChI=1S/C19H25F3N4O2/c1-9-16-12(18(27)24-19(28)26(16)11-2-3-11)6-13(20)17(9)25-5-4-10(8-25)14(23)7-15(21)22/h6,9-11,14-15,17H,2-5,7-8,23H2,1H3,(H,24,27,28).